The summed E-state index contributed by atoms with van der Waals surface area (Å²) in [5.41, 5.74) is 3.40. The van der Waals surface area contributed by atoms with Gasteiger partial charge in [-0.1, -0.05) is 6.07 Å². The van der Waals surface area contributed by atoms with E-state index in [1.54, 1.807) is 0 Å². The number of benzene rings is 2. The monoisotopic (exact) mass is 372 g/mol. The normalized spacial score (nSPS) is 16.4. The maximum atomic E-state index is 13.0. The number of hydrogen-bond acceptors (Lipinski definition) is 4. The number of aryl methyl sites for hydroxylation is 2. The summed E-state index contributed by atoms with van der Waals surface area (Å²) in [6, 6.07) is 12.8. The summed E-state index contributed by atoms with van der Waals surface area (Å²) in [7, 11) is 0. The van der Waals surface area contributed by atoms with Crippen molar-refractivity contribution in [2.24, 2.45) is 0 Å². The van der Waals surface area contributed by atoms with Crippen LogP contribution in [-0.2, 0) is 0 Å². The molecule has 2 aromatic rings. The van der Waals surface area contributed by atoms with Gasteiger partial charge in [-0.25, -0.2) is 4.39 Å². The summed E-state index contributed by atoms with van der Waals surface area (Å²) in [6.45, 7) is 8.99. The van der Waals surface area contributed by atoms with Crippen molar-refractivity contribution in [2.45, 2.75) is 26.4 Å². The van der Waals surface area contributed by atoms with Crippen LogP contribution in [0.15, 0.2) is 42.5 Å². The number of piperazine rings is 1. The zero-order valence-corrected chi connectivity index (χ0v) is 16.2. The van der Waals surface area contributed by atoms with Crippen LogP contribution in [0.4, 0.5) is 10.1 Å². The third-order valence-corrected chi connectivity index (χ3v) is 4.98. The number of anilines is 1. The van der Waals surface area contributed by atoms with Crippen LogP contribution in [0.1, 0.15) is 17.5 Å². The number of halogens is 1. The molecule has 0 aliphatic carbocycles. The first-order chi connectivity index (χ1) is 13.0. The average molecular weight is 372 g/mol. The molecule has 5 heteroatoms. The van der Waals surface area contributed by atoms with E-state index in [-0.39, 0.29) is 5.82 Å². The van der Waals surface area contributed by atoms with E-state index in [2.05, 4.69) is 15.9 Å². The molecule has 1 unspecified atom stereocenters. The molecule has 1 atom stereocenters. The van der Waals surface area contributed by atoms with E-state index >= 15 is 0 Å². The van der Waals surface area contributed by atoms with Crippen molar-refractivity contribution in [3.8, 4) is 5.75 Å². The molecule has 1 heterocycles. The lowest BCUT2D eigenvalue weighted by Gasteiger charge is -2.36. The second-order valence-corrected chi connectivity index (χ2v) is 7.38. The molecule has 2 aromatic carbocycles. The molecule has 0 bridgehead atoms. The number of nitrogens with zero attached hydrogens (tertiary/aromatic N) is 2. The molecular weight excluding hydrogens is 343 g/mol. The predicted octanol–water partition coefficient (Wildman–Crippen LogP) is 3.39. The largest absolute Gasteiger partial charge is 0.491 e. The van der Waals surface area contributed by atoms with E-state index < -0.39 is 6.10 Å². The van der Waals surface area contributed by atoms with Crippen molar-refractivity contribution in [2.75, 3.05) is 44.2 Å². The van der Waals surface area contributed by atoms with Gasteiger partial charge in [0, 0.05) is 38.4 Å². The Kier molecular flexibility index (Phi) is 6.69. The van der Waals surface area contributed by atoms with Gasteiger partial charge in [0.05, 0.1) is 6.10 Å². The highest BCUT2D eigenvalue weighted by Crippen LogP contribution is 2.18. The number of ether oxygens (including phenoxy) is 1. The van der Waals surface area contributed by atoms with Crippen LogP contribution in [0.2, 0.25) is 0 Å². The Morgan fingerprint density at radius 2 is 1.63 bits per heavy atom. The molecule has 0 aromatic heterocycles. The van der Waals surface area contributed by atoms with Crippen molar-refractivity contribution in [3.05, 3.63) is 59.4 Å². The first kappa shape index (κ1) is 19.6. The van der Waals surface area contributed by atoms with Crippen molar-refractivity contribution in [1.29, 1.82) is 0 Å². The summed E-state index contributed by atoms with van der Waals surface area (Å²) in [5, 5.41) is 10.2. The highest BCUT2D eigenvalue weighted by Gasteiger charge is 2.18. The fraction of sp³-hybridized carbons (Fsp3) is 0.455. The molecule has 3 rings (SSSR count). The second kappa shape index (κ2) is 9.20. The van der Waals surface area contributed by atoms with Gasteiger partial charge in [0.25, 0.3) is 0 Å². The topological polar surface area (TPSA) is 35.9 Å². The second-order valence-electron chi connectivity index (χ2n) is 7.38. The maximum absolute atomic E-state index is 13.0. The molecule has 0 radical (unpaired) electrons. The highest BCUT2D eigenvalue weighted by molar-refractivity contribution is 5.46. The Morgan fingerprint density at radius 3 is 2.26 bits per heavy atom. The van der Waals surface area contributed by atoms with Gasteiger partial charge in [-0.05, 0) is 67.8 Å². The molecule has 1 aliphatic rings. The van der Waals surface area contributed by atoms with Gasteiger partial charge in [-0.3, -0.25) is 4.90 Å². The maximum Gasteiger partial charge on any atom is 0.123 e. The smallest absolute Gasteiger partial charge is 0.123 e. The Bertz CT molecular complexity index is 707. The molecule has 1 N–H and O–H groups in total. The first-order valence-corrected chi connectivity index (χ1v) is 9.61. The number of hydrogen-bond donors (Lipinski definition) is 1. The van der Waals surface area contributed by atoms with Crippen LogP contribution in [0.3, 0.4) is 0 Å². The zero-order valence-electron chi connectivity index (χ0n) is 16.2. The number of aliphatic hydroxyl groups excluding tert-OH is 1. The van der Waals surface area contributed by atoms with Crippen molar-refractivity contribution < 1.29 is 14.2 Å². The average Bonchev–Trinajstić information content (AvgIpc) is 2.65. The summed E-state index contributed by atoms with van der Waals surface area (Å²) in [5.74, 6) is 0.619. The summed E-state index contributed by atoms with van der Waals surface area (Å²) >= 11 is 0. The molecule has 27 heavy (non-hydrogen) atoms. The Morgan fingerprint density at radius 1 is 1.00 bits per heavy atom. The van der Waals surface area contributed by atoms with Crippen LogP contribution in [0.5, 0.6) is 5.75 Å². The lowest BCUT2D eigenvalue weighted by molar-refractivity contribution is 0.0866. The minimum Gasteiger partial charge on any atom is -0.491 e. The van der Waals surface area contributed by atoms with E-state index in [0.29, 0.717) is 13.0 Å². The van der Waals surface area contributed by atoms with E-state index in [1.165, 1.54) is 23.3 Å². The van der Waals surface area contributed by atoms with E-state index in [9.17, 15) is 9.50 Å². The standard InChI is InChI=1S/C22H29FN2O2/c1-17-13-18(2)15-22(14-17)27-16-21(26)7-8-24-9-11-25(12-10-24)20-5-3-19(23)4-6-20/h3-6,13-15,21,26H,7-12,16H2,1-2H3. The van der Waals surface area contributed by atoms with Gasteiger partial charge in [0.1, 0.15) is 18.2 Å². The third-order valence-electron chi connectivity index (χ3n) is 4.98. The van der Waals surface area contributed by atoms with Gasteiger partial charge in [-0.15, -0.1) is 0 Å². The molecule has 1 aliphatic heterocycles. The zero-order chi connectivity index (χ0) is 19.2. The van der Waals surface area contributed by atoms with Crippen molar-refractivity contribution >= 4 is 5.69 Å². The van der Waals surface area contributed by atoms with Crippen LogP contribution >= 0.6 is 0 Å². The van der Waals surface area contributed by atoms with Crippen LogP contribution in [0, 0.1) is 19.7 Å². The number of rotatable bonds is 7. The summed E-state index contributed by atoms with van der Waals surface area (Å²) in [6.07, 6.45) is 0.224. The Hall–Kier alpha value is -2.11. The van der Waals surface area contributed by atoms with Crippen LogP contribution in [0.25, 0.3) is 0 Å². The molecule has 0 spiro atoms. The van der Waals surface area contributed by atoms with Crippen molar-refractivity contribution in [1.82, 2.24) is 4.90 Å². The van der Waals surface area contributed by atoms with Gasteiger partial charge in [0.15, 0.2) is 0 Å². The van der Waals surface area contributed by atoms with Gasteiger partial charge in [-0.2, -0.15) is 0 Å². The van der Waals surface area contributed by atoms with E-state index in [4.69, 9.17) is 4.74 Å². The summed E-state index contributed by atoms with van der Waals surface area (Å²) < 4.78 is 18.8. The van der Waals surface area contributed by atoms with Gasteiger partial charge < -0.3 is 14.7 Å². The molecule has 1 fully saturated rings. The van der Waals surface area contributed by atoms with E-state index in [1.807, 2.05) is 38.1 Å². The quantitative estimate of drug-likeness (QED) is 0.808. The predicted molar refractivity (Wildman–Crippen MR) is 107 cm³/mol. The molecule has 146 valence electrons. The lowest BCUT2D eigenvalue weighted by atomic mass is 10.1. The fourth-order valence-electron chi connectivity index (χ4n) is 3.51. The van der Waals surface area contributed by atoms with E-state index in [0.717, 1.165) is 44.2 Å². The molecule has 4 nitrogen and oxygen atoms in total. The first-order valence-electron chi connectivity index (χ1n) is 9.61. The molecule has 1 saturated heterocycles. The third kappa shape index (κ3) is 5.94. The molecular formula is C22H29FN2O2. The molecule has 0 amide bonds. The van der Waals surface area contributed by atoms with Gasteiger partial charge >= 0.3 is 0 Å². The lowest BCUT2D eigenvalue weighted by Crippen LogP contribution is -2.47. The minimum absolute atomic E-state index is 0.200. The summed E-state index contributed by atoms with van der Waals surface area (Å²) in [4.78, 5) is 4.63. The number of aliphatic hydroxyl groups is 1. The Labute approximate surface area is 161 Å². The highest BCUT2D eigenvalue weighted by atomic mass is 19.1. The fourth-order valence-corrected chi connectivity index (χ4v) is 3.51. The Balaban J connectivity index is 1.37. The van der Waals surface area contributed by atoms with Gasteiger partial charge in [0.2, 0.25) is 0 Å². The van der Waals surface area contributed by atoms with Crippen LogP contribution < -0.4 is 9.64 Å². The minimum atomic E-state index is -0.471. The van der Waals surface area contributed by atoms with Crippen molar-refractivity contribution in [3.63, 3.8) is 0 Å². The molecule has 0 saturated carbocycles. The SMILES string of the molecule is Cc1cc(C)cc(OCC(O)CCN2CCN(c3ccc(F)cc3)CC2)c1. The van der Waals surface area contributed by atoms with Crippen LogP contribution in [-0.4, -0.2) is 55.4 Å².